The third-order valence-electron chi connectivity index (χ3n) is 2.36. The fraction of sp³-hybridized carbons (Fsp3) is 0.167. The molecule has 1 aromatic carbocycles. The number of benzene rings is 1. The zero-order valence-corrected chi connectivity index (χ0v) is 11.3. The van der Waals surface area contributed by atoms with Gasteiger partial charge in [-0.25, -0.2) is 0 Å². The van der Waals surface area contributed by atoms with Crippen molar-refractivity contribution < 1.29 is 4.74 Å². The number of aromatic nitrogens is 2. The average molecular weight is 282 g/mol. The van der Waals surface area contributed by atoms with Gasteiger partial charge in [-0.3, -0.25) is 4.68 Å². The quantitative estimate of drug-likeness (QED) is 0.874. The maximum absolute atomic E-state index is 6.04. The molecule has 94 valence electrons. The van der Waals surface area contributed by atoms with Crippen LogP contribution in [0.3, 0.4) is 0 Å². The molecule has 0 aliphatic carbocycles. The number of aryl methyl sites for hydroxylation is 1. The minimum atomic E-state index is 0.274. The Hall–Kier alpha value is -1.59. The summed E-state index contributed by atoms with van der Waals surface area (Å²) in [5.41, 5.74) is 7.03. The average Bonchev–Trinajstić information content (AvgIpc) is 2.72. The molecule has 2 rings (SSSR count). The third-order valence-corrected chi connectivity index (χ3v) is 2.89. The molecule has 0 atom stereocenters. The predicted octanol–water partition coefficient (Wildman–Crippen LogP) is 2.29. The van der Waals surface area contributed by atoms with E-state index in [9.17, 15) is 0 Å². The van der Waals surface area contributed by atoms with E-state index in [1.54, 1.807) is 22.9 Å². The molecule has 0 saturated carbocycles. The fourth-order valence-corrected chi connectivity index (χ4v) is 1.99. The van der Waals surface area contributed by atoms with Gasteiger partial charge in [0.1, 0.15) is 17.3 Å². The number of rotatable bonds is 4. The standard InChI is InChI=1S/C12H12ClN3OS/c1-16-5-4-8(15-16)7-17-9-2-3-10(12(14)18)11(13)6-9/h2-6H,7H2,1H3,(H2,14,18). The van der Waals surface area contributed by atoms with Crippen LogP contribution in [-0.2, 0) is 13.7 Å². The van der Waals surface area contributed by atoms with Crippen LogP contribution >= 0.6 is 23.8 Å². The van der Waals surface area contributed by atoms with Gasteiger partial charge in [0.05, 0.1) is 10.7 Å². The van der Waals surface area contributed by atoms with Gasteiger partial charge in [0, 0.05) is 18.8 Å². The maximum Gasteiger partial charge on any atom is 0.132 e. The Morgan fingerprint density at radius 2 is 2.28 bits per heavy atom. The van der Waals surface area contributed by atoms with Crippen LogP contribution in [0.25, 0.3) is 0 Å². The number of nitrogens with zero attached hydrogens (tertiary/aromatic N) is 2. The van der Waals surface area contributed by atoms with Gasteiger partial charge in [0.25, 0.3) is 0 Å². The van der Waals surface area contributed by atoms with E-state index in [0.717, 1.165) is 5.69 Å². The van der Waals surface area contributed by atoms with E-state index in [4.69, 9.17) is 34.3 Å². The molecule has 2 aromatic rings. The largest absolute Gasteiger partial charge is 0.487 e. The van der Waals surface area contributed by atoms with Gasteiger partial charge < -0.3 is 10.5 Å². The highest BCUT2D eigenvalue weighted by molar-refractivity contribution is 7.80. The molecule has 0 amide bonds. The summed E-state index contributed by atoms with van der Waals surface area (Å²) < 4.78 is 7.30. The molecule has 0 bridgehead atoms. The zero-order chi connectivity index (χ0) is 13.1. The molecule has 4 nitrogen and oxygen atoms in total. The Kier molecular flexibility index (Phi) is 3.84. The SMILES string of the molecule is Cn1ccc(COc2ccc(C(N)=S)c(Cl)c2)n1. The van der Waals surface area contributed by atoms with Crippen LogP contribution in [-0.4, -0.2) is 14.8 Å². The second kappa shape index (κ2) is 5.37. The molecule has 1 heterocycles. The first kappa shape index (κ1) is 12.9. The Labute approximate surface area is 115 Å². The van der Waals surface area contributed by atoms with Crippen molar-refractivity contribution in [2.45, 2.75) is 6.61 Å². The lowest BCUT2D eigenvalue weighted by atomic mass is 10.2. The van der Waals surface area contributed by atoms with Gasteiger partial charge >= 0.3 is 0 Å². The highest BCUT2D eigenvalue weighted by atomic mass is 35.5. The summed E-state index contributed by atoms with van der Waals surface area (Å²) >= 11 is 10.9. The molecule has 0 aliphatic heterocycles. The van der Waals surface area contributed by atoms with Crippen LogP contribution in [0.15, 0.2) is 30.5 Å². The smallest absolute Gasteiger partial charge is 0.132 e. The molecule has 0 unspecified atom stereocenters. The van der Waals surface area contributed by atoms with Crippen LogP contribution in [0.5, 0.6) is 5.75 Å². The molecule has 1 aromatic heterocycles. The number of hydrogen-bond acceptors (Lipinski definition) is 3. The molecule has 6 heteroatoms. The topological polar surface area (TPSA) is 53.1 Å². The van der Waals surface area contributed by atoms with Crippen molar-refractivity contribution in [2.24, 2.45) is 12.8 Å². The van der Waals surface area contributed by atoms with E-state index in [-0.39, 0.29) is 4.99 Å². The van der Waals surface area contributed by atoms with E-state index in [1.807, 2.05) is 19.3 Å². The number of ether oxygens (including phenoxy) is 1. The van der Waals surface area contributed by atoms with E-state index >= 15 is 0 Å². The second-order valence-electron chi connectivity index (χ2n) is 3.78. The summed E-state index contributed by atoms with van der Waals surface area (Å²) in [6.07, 6.45) is 1.86. The number of halogens is 1. The normalized spacial score (nSPS) is 10.3. The number of hydrogen-bond donors (Lipinski definition) is 1. The molecule has 2 N–H and O–H groups in total. The van der Waals surface area contributed by atoms with Crippen LogP contribution in [0, 0.1) is 0 Å². The lowest BCUT2D eigenvalue weighted by Crippen LogP contribution is -2.09. The van der Waals surface area contributed by atoms with Gasteiger partial charge in [-0.15, -0.1) is 0 Å². The van der Waals surface area contributed by atoms with E-state index in [1.165, 1.54) is 0 Å². The van der Waals surface area contributed by atoms with Crippen molar-refractivity contribution in [3.8, 4) is 5.75 Å². The second-order valence-corrected chi connectivity index (χ2v) is 4.62. The Morgan fingerprint density at radius 1 is 1.50 bits per heavy atom. The van der Waals surface area contributed by atoms with Crippen molar-refractivity contribution in [3.05, 3.63) is 46.7 Å². The molecular weight excluding hydrogens is 270 g/mol. The summed E-state index contributed by atoms with van der Waals surface area (Å²) in [7, 11) is 1.86. The fourth-order valence-electron chi connectivity index (χ4n) is 1.48. The molecule has 0 saturated heterocycles. The predicted molar refractivity (Wildman–Crippen MR) is 74.9 cm³/mol. The van der Waals surface area contributed by atoms with Gasteiger partial charge in [0.15, 0.2) is 0 Å². The summed E-state index contributed by atoms with van der Waals surface area (Å²) in [5, 5.41) is 4.70. The van der Waals surface area contributed by atoms with E-state index in [0.29, 0.717) is 22.9 Å². The lowest BCUT2D eigenvalue weighted by Gasteiger charge is -2.07. The monoisotopic (exact) mass is 281 g/mol. The van der Waals surface area contributed by atoms with E-state index in [2.05, 4.69) is 5.10 Å². The number of thiocarbonyl (C=S) groups is 1. The molecule has 0 aliphatic rings. The van der Waals surface area contributed by atoms with Crippen LogP contribution in [0.2, 0.25) is 5.02 Å². The Bertz CT molecular complexity index is 582. The van der Waals surface area contributed by atoms with Crippen molar-refractivity contribution in [2.75, 3.05) is 0 Å². The van der Waals surface area contributed by atoms with Crippen LogP contribution in [0.1, 0.15) is 11.3 Å². The summed E-state index contributed by atoms with van der Waals surface area (Å²) in [6, 6.07) is 7.12. The van der Waals surface area contributed by atoms with Crippen molar-refractivity contribution in [1.82, 2.24) is 9.78 Å². The van der Waals surface area contributed by atoms with Gasteiger partial charge in [-0.05, 0) is 24.3 Å². The summed E-state index contributed by atoms with van der Waals surface area (Å²) in [5.74, 6) is 0.658. The maximum atomic E-state index is 6.04. The highest BCUT2D eigenvalue weighted by Gasteiger charge is 2.05. The van der Waals surface area contributed by atoms with Crippen LogP contribution < -0.4 is 10.5 Å². The first-order valence-electron chi connectivity index (χ1n) is 5.27. The first-order valence-corrected chi connectivity index (χ1v) is 6.05. The van der Waals surface area contributed by atoms with Crippen LogP contribution in [0.4, 0.5) is 0 Å². The lowest BCUT2D eigenvalue weighted by molar-refractivity contribution is 0.300. The number of nitrogens with two attached hydrogens (primary N) is 1. The molecule has 0 spiro atoms. The van der Waals surface area contributed by atoms with Gasteiger partial charge in [-0.2, -0.15) is 5.10 Å². The van der Waals surface area contributed by atoms with Crippen molar-refractivity contribution >= 4 is 28.8 Å². The Balaban J connectivity index is 2.06. The highest BCUT2D eigenvalue weighted by Crippen LogP contribution is 2.23. The van der Waals surface area contributed by atoms with Gasteiger partial charge in [-0.1, -0.05) is 23.8 Å². The van der Waals surface area contributed by atoms with E-state index < -0.39 is 0 Å². The summed E-state index contributed by atoms with van der Waals surface area (Å²) in [4.78, 5) is 0.274. The van der Waals surface area contributed by atoms with Crippen molar-refractivity contribution in [3.63, 3.8) is 0 Å². The zero-order valence-electron chi connectivity index (χ0n) is 9.76. The first-order chi connectivity index (χ1) is 8.56. The Morgan fingerprint density at radius 3 is 2.83 bits per heavy atom. The molecule has 0 fully saturated rings. The minimum absolute atomic E-state index is 0.274. The molecular formula is C12H12ClN3OS. The molecule has 18 heavy (non-hydrogen) atoms. The third kappa shape index (κ3) is 3.00. The molecule has 0 radical (unpaired) electrons. The summed E-state index contributed by atoms with van der Waals surface area (Å²) in [6.45, 7) is 0.392. The minimum Gasteiger partial charge on any atom is -0.487 e. The van der Waals surface area contributed by atoms with Crippen molar-refractivity contribution in [1.29, 1.82) is 0 Å². The van der Waals surface area contributed by atoms with Gasteiger partial charge in [0.2, 0.25) is 0 Å².